The lowest BCUT2D eigenvalue weighted by molar-refractivity contribution is 0.309. The number of aryl methyl sites for hydroxylation is 2. The van der Waals surface area contributed by atoms with Crippen molar-refractivity contribution < 1.29 is 0 Å². The highest BCUT2D eigenvalue weighted by Crippen LogP contribution is 2.29. The molecule has 3 nitrogen and oxygen atoms in total. The maximum absolute atomic E-state index is 4.30. The molecule has 13 heavy (non-hydrogen) atoms. The van der Waals surface area contributed by atoms with Gasteiger partial charge in [0.1, 0.15) is 0 Å². The van der Waals surface area contributed by atoms with E-state index >= 15 is 0 Å². The summed E-state index contributed by atoms with van der Waals surface area (Å²) < 4.78 is 1.86. The van der Waals surface area contributed by atoms with Crippen molar-refractivity contribution in [1.29, 1.82) is 0 Å². The van der Waals surface area contributed by atoms with Gasteiger partial charge in [-0.15, -0.1) is 0 Å². The molecule has 1 fully saturated rings. The van der Waals surface area contributed by atoms with E-state index in [1.54, 1.807) is 0 Å². The first-order valence-electron chi connectivity index (χ1n) is 4.92. The third-order valence-corrected chi connectivity index (χ3v) is 2.75. The van der Waals surface area contributed by atoms with Crippen LogP contribution in [0.1, 0.15) is 25.5 Å². The molecular formula is C10H17N3. The Hall–Kier alpha value is -0.990. The molecule has 0 aromatic carbocycles. The third kappa shape index (κ3) is 1.69. The average Bonchev–Trinajstić information content (AvgIpc) is 2.27. The predicted octanol–water partition coefficient (Wildman–Crippen LogP) is 1.94. The van der Waals surface area contributed by atoms with E-state index in [0.717, 1.165) is 11.6 Å². The number of nitrogens with zero attached hydrogens (tertiary/aromatic N) is 2. The molecule has 72 valence electrons. The number of rotatable bonds is 2. The Morgan fingerprint density at radius 3 is 2.69 bits per heavy atom. The lowest BCUT2D eigenvalue weighted by atomic mass is 9.82. The Morgan fingerprint density at radius 2 is 2.23 bits per heavy atom. The maximum atomic E-state index is 4.30. The summed E-state index contributed by atoms with van der Waals surface area (Å²) >= 11 is 0. The van der Waals surface area contributed by atoms with Crippen molar-refractivity contribution in [2.24, 2.45) is 13.0 Å². The first-order valence-corrected chi connectivity index (χ1v) is 4.92. The maximum Gasteiger partial charge on any atom is 0.0825 e. The van der Waals surface area contributed by atoms with Crippen LogP contribution in [0.2, 0.25) is 0 Å². The fourth-order valence-corrected chi connectivity index (χ4v) is 1.98. The Kier molecular flexibility index (Phi) is 2.02. The van der Waals surface area contributed by atoms with Crippen molar-refractivity contribution in [3.05, 3.63) is 11.9 Å². The highest BCUT2D eigenvalue weighted by molar-refractivity contribution is 5.46. The van der Waals surface area contributed by atoms with Crippen LogP contribution in [-0.4, -0.2) is 15.8 Å². The largest absolute Gasteiger partial charge is 0.380 e. The molecule has 1 N–H and O–H groups in total. The number of anilines is 1. The third-order valence-electron chi connectivity index (χ3n) is 2.75. The van der Waals surface area contributed by atoms with E-state index in [0.29, 0.717) is 6.04 Å². The monoisotopic (exact) mass is 179 g/mol. The summed E-state index contributed by atoms with van der Waals surface area (Å²) in [7, 11) is 1.96. The second-order valence-corrected chi connectivity index (χ2v) is 4.22. The minimum Gasteiger partial charge on any atom is -0.380 e. The average molecular weight is 179 g/mol. The molecule has 0 radical (unpaired) electrons. The van der Waals surface area contributed by atoms with Gasteiger partial charge in [0.25, 0.3) is 0 Å². The van der Waals surface area contributed by atoms with Crippen LogP contribution >= 0.6 is 0 Å². The summed E-state index contributed by atoms with van der Waals surface area (Å²) in [4.78, 5) is 0. The zero-order valence-corrected chi connectivity index (χ0v) is 8.54. The van der Waals surface area contributed by atoms with Gasteiger partial charge < -0.3 is 5.32 Å². The molecule has 0 aliphatic heterocycles. The molecule has 1 aliphatic carbocycles. The van der Waals surface area contributed by atoms with Crippen molar-refractivity contribution in [2.75, 3.05) is 5.32 Å². The standard InChI is InChI=1S/C10H17N3/c1-7-4-9(5-7)11-10-6-13(3)12-8(10)2/h6-7,9,11H,4-5H2,1-3H3. The smallest absolute Gasteiger partial charge is 0.0825 e. The SMILES string of the molecule is Cc1nn(C)cc1NC1CC(C)C1. The van der Waals surface area contributed by atoms with E-state index in [1.807, 2.05) is 18.7 Å². The van der Waals surface area contributed by atoms with Crippen molar-refractivity contribution >= 4 is 5.69 Å². The molecular weight excluding hydrogens is 162 g/mol. The zero-order valence-electron chi connectivity index (χ0n) is 8.54. The van der Waals surface area contributed by atoms with Crippen LogP contribution in [0.3, 0.4) is 0 Å². The Morgan fingerprint density at radius 1 is 1.54 bits per heavy atom. The van der Waals surface area contributed by atoms with Gasteiger partial charge in [-0.05, 0) is 25.7 Å². The van der Waals surface area contributed by atoms with Gasteiger partial charge in [0, 0.05) is 19.3 Å². The number of hydrogen-bond acceptors (Lipinski definition) is 2. The molecule has 1 heterocycles. The second kappa shape index (κ2) is 3.05. The zero-order chi connectivity index (χ0) is 9.42. The molecule has 0 spiro atoms. The van der Waals surface area contributed by atoms with Gasteiger partial charge in [-0.3, -0.25) is 4.68 Å². The van der Waals surface area contributed by atoms with Gasteiger partial charge in [0.05, 0.1) is 11.4 Å². The predicted molar refractivity (Wildman–Crippen MR) is 53.8 cm³/mol. The molecule has 1 aliphatic rings. The van der Waals surface area contributed by atoms with Crippen molar-refractivity contribution in [3.8, 4) is 0 Å². The second-order valence-electron chi connectivity index (χ2n) is 4.22. The van der Waals surface area contributed by atoms with Crippen LogP contribution in [0.15, 0.2) is 6.20 Å². The number of aromatic nitrogens is 2. The lowest BCUT2D eigenvalue weighted by Crippen LogP contribution is -2.33. The summed E-state index contributed by atoms with van der Waals surface area (Å²) in [5, 5.41) is 7.81. The molecule has 3 heteroatoms. The summed E-state index contributed by atoms with van der Waals surface area (Å²) in [6.45, 7) is 4.35. The van der Waals surface area contributed by atoms with Crippen molar-refractivity contribution in [3.63, 3.8) is 0 Å². The fraction of sp³-hybridized carbons (Fsp3) is 0.700. The van der Waals surface area contributed by atoms with Gasteiger partial charge in [0.2, 0.25) is 0 Å². The van der Waals surface area contributed by atoms with Crippen molar-refractivity contribution in [1.82, 2.24) is 9.78 Å². The topological polar surface area (TPSA) is 29.9 Å². The molecule has 0 amide bonds. The van der Waals surface area contributed by atoms with Crippen LogP contribution in [0.4, 0.5) is 5.69 Å². The van der Waals surface area contributed by atoms with Crippen LogP contribution in [-0.2, 0) is 7.05 Å². The molecule has 2 rings (SSSR count). The number of hydrogen-bond donors (Lipinski definition) is 1. The quantitative estimate of drug-likeness (QED) is 0.752. The van der Waals surface area contributed by atoms with Gasteiger partial charge in [-0.2, -0.15) is 5.10 Å². The van der Waals surface area contributed by atoms with E-state index in [-0.39, 0.29) is 0 Å². The Bertz CT molecular complexity index is 297. The van der Waals surface area contributed by atoms with Gasteiger partial charge >= 0.3 is 0 Å². The molecule has 1 saturated carbocycles. The molecule has 1 aromatic heterocycles. The summed E-state index contributed by atoms with van der Waals surface area (Å²) in [6.07, 6.45) is 4.65. The lowest BCUT2D eigenvalue weighted by Gasteiger charge is -2.33. The molecule has 1 aromatic rings. The highest BCUT2D eigenvalue weighted by Gasteiger charge is 2.25. The van der Waals surface area contributed by atoms with Crippen LogP contribution in [0.25, 0.3) is 0 Å². The first kappa shape index (κ1) is 8.60. The minimum atomic E-state index is 0.679. The van der Waals surface area contributed by atoms with E-state index in [9.17, 15) is 0 Å². The van der Waals surface area contributed by atoms with E-state index in [4.69, 9.17) is 0 Å². The Labute approximate surface area is 79.1 Å². The van der Waals surface area contributed by atoms with Crippen LogP contribution in [0, 0.1) is 12.8 Å². The van der Waals surface area contributed by atoms with Crippen LogP contribution < -0.4 is 5.32 Å². The highest BCUT2D eigenvalue weighted by atomic mass is 15.3. The molecule has 0 saturated heterocycles. The fourth-order valence-electron chi connectivity index (χ4n) is 1.98. The normalized spacial score (nSPS) is 27.0. The summed E-state index contributed by atoms with van der Waals surface area (Å²) in [5.41, 5.74) is 2.29. The summed E-state index contributed by atoms with van der Waals surface area (Å²) in [6, 6.07) is 0.679. The van der Waals surface area contributed by atoms with E-state index in [2.05, 4.69) is 23.5 Å². The molecule has 0 bridgehead atoms. The van der Waals surface area contributed by atoms with E-state index in [1.165, 1.54) is 18.5 Å². The van der Waals surface area contributed by atoms with Crippen molar-refractivity contribution in [2.45, 2.75) is 32.7 Å². The van der Waals surface area contributed by atoms with Gasteiger partial charge in [0.15, 0.2) is 0 Å². The molecule has 0 unspecified atom stereocenters. The summed E-state index contributed by atoms with van der Waals surface area (Å²) in [5.74, 6) is 0.898. The van der Waals surface area contributed by atoms with Crippen LogP contribution in [0.5, 0.6) is 0 Å². The van der Waals surface area contributed by atoms with Gasteiger partial charge in [-0.1, -0.05) is 6.92 Å². The first-order chi connectivity index (χ1) is 6.15. The minimum absolute atomic E-state index is 0.679. The molecule has 0 atom stereocenters. The number of nitrogens with one attached hydrogen (secondary N) is 1. The Balaban J connectivity index is 1.98. The van der Waals surface area contributed by atoms with Gasteiger partial charge in [-0.25, -0.2) is 0 Å². The van der Waals surface area contributed by atoms with E-state index < -0.39 is 0 Å².